The van der Waals surface area contributed by atoms with Crippen LogP contribution in [0.1, 0.15) is 24.0 Å². The van der Waals surface area contributed by atoms with Crippen molar-refractivity contribution in [3.63, 3.8) is 0 Å². The Labute approximate surface area is 219 Å². The standard InChI is InChI=1S/C26H33N5O7/c27-18(11-12-22(28)33)23(34)29-19(13-16-7-3-1-4-8-16)24(35)31-21(15-32)25(36)30-20(26(37)38)14-17-9-5-2-6-10-17/h1-10,18-21,32H,11-15,27H2,(H2,28,33)(H,29,34)(H,30,36)(H,31,35)(H,37,38). The van der Waals surface area contributed by atoms with Gasteiger partial charge in [0.15, 0.2) is 0 Å². The van der Waals surface area contributed by atoms with Crippen molar-refractivity contribution in [1.29, 1.82) is 0 Å². The highest BCUT2D eigenvalue weighted by Crippen LogP contribution is 2.07. The van der Waals surface area contributed by atoms with Crippen molar-refractivity contribution in [2.24, 2.45) is 11.5 Å². The molecule has 38 heavy (non-hydrogen) atoms. The number of nitrogens with one attached hydrogen (secondary N) is 3. The molecule has 2 aromatic carbocycles. The number of aliphatic hydroxyl groups is 1. The van der Waals surface area contributed by atoms with Crippen molar-refractivity contribution >= 4 is 29.6 Å². The molecule has 0 saturated heterocycles. The van der Waals surface area contributed by atoms with E-state index in [0.717, 1.165) is 0 Å². The van der Waals surface area contributed by atoms with Crippen LogP contribution in [0.3, 0.4) is 0 Å². The van der Waals surface area contributed by atoms with Crippen LogP contribution in [0.15, 0.2) is 60.7 Å². The molecule has 2 rings (SSSR count). The van der Waals surface area contributed by atoms with Crippen LogP contribution in [0, 0.1) is 0 Å². The van der Waals surface area contributed by atoms with Gasteiger partial charge < -0.3 is 37.6 Å². The summed E-state index contributed by atoms with van der Waals surface area (Å²) in [5, 5.41) is 26.5. The zero-order valence-corrected chi connectivity index (χ0v) is 20.7. The number of primary amides is 1. The summed E-state index contributed by atoms with van der Waals surface area (Å²) in [6.07, 6.45) is -0.124. The van der Waals surface area contributed by atoms with Crippen molar-refractivity contribution in [1.82, 2.24) is 16.0 Å². The van der Waals surface area contributed by atoms with Gasteiger partial charge in [0.1, 0.15) is 18.1 Å². The molecule has 4 unspecified atom stereocenters. The number of nitrogens with two attached hydrogens (primary N) is 2. The van der Waals surface area contributed by atoms with Gasteiger partial charge in [-0.15, -0.1) is 0 Å². The summed E-state index contributed by atoms with van der Waals surface area (Å²) in [5.41, 5.74) is 12.3. The first-order valence-electron chi connectivity index (χ1n) is 12.0. The molecule has 0 aliphatic rings. The topological polar surface area (TPSA) is 214 Å². The van der Waals surface area contributed by atoms with Crippen molar-refractivity contribution in [3.8, 4) is 0 Å². The number of aliphatic carboxylic acids is 1. The number of carboxylic acid groups (broad SMARTS) is 1. The minimum Gasteiger partial charge on any atom is -0.480 e. The Balaban J connectivity index is 2.12. The van der Waals surface area contributed by atoms with Gasteiger partial charge in [-0.2, -0.15) is 0 Å². The fraction of sp³-hybridized carbons (Fsp3) is 0.346. The maximum Gasteiger partial charge on any atom is 0.326 e. The predicted molar refractivity (Wildman–Crippen MR) is 137 cm³/mol. The monoisotopic (exact) mass is 527 g/mol. The number of amides is 4. The predicted octanol–water partition coefficient (Wildman–Crippen LogP) is -1.40. The SMILES string of the molecule is NC(=O)CCC(N)C(=O)NC(Cc1ccccc1)C(=O)NC(CO)C(=O)NC(Cc1ccccc1)C(=O)O. The zero-order chi connectivity index (χ0) is 28.1. The third kappa shape index (κ3) is 9.99. The second kappa shape index (κ2) is 15.1. The van der Waals surface area contributed by atoms with Gasteiger partial charge in [-0.05, 0) is 17.5 Å². The lowest BCUT2D eigenvalue weighted by Crippen LogP contribution is -2.58. The van der Waals surface area contributed by atoms with Gasteiger partial charge in [-0.25, -0.2) is 4.79 Å². The molecule has 4 atom stereocenters. The third-order valence-electron chi connectivity index (χ3n) is 5.67. The smallest absolute Gasteiger partial charge is 0.326 e. The zero-order valence-electron chi connectivity index (χ0n) is 20.7. The summed E-state index contributed by atoms with van der Waals surface area (Å²) in [6.45, 7) is -0.820. The number of carbonyl (C=O) groups is 5. The van der Waals surface area contributed by atoms with Crippen LogP contribution in [-0.4, -0.2) is 70.6 Å². The number of carbonyl (C=O) groups excluding carboxylic acids is 4. The average Bonchev–Trinajstić information content (AvgIpc) is 2.90. The maximum absolute atomic E-state index is 13.1. The molecule has 9 N–H and O–H groups in total. The molecule has 0 heterocycles. The molecule has 2 aromatic rings. The molecule has 4 amide bonds. The molecule has 0 radical (unpaired) electrons. The van der Waals surface area contributed by atoms with Crippen LogP contribution >= 0.6 is 0 Å². The van der Waals surface area contributed by atoms with Gasteiger partial charge in [0, 0.05) is 19.3 Å². The van der Waals surface area contributed by atoms with Gasteiger partial charge >= 0.3 is 5.97 Å². The van der Waals surface area contributed by atoms with Gasteiger partial charge in [0.25, 0.3) is 0 Å². The van der Waals surface area contributed by atoms with Crippen LogP contribution < -0.4 is 27.4 Å². The summed E-state index contributed by atoms with van der Waals surface area (Å²) in [7, 11) is 0. The van der Waals surface area contributed by atoms with E-state index in [1.54, 1.807) is 60.7 Å². The first kappa shape index (κ1) is 29.9. The van der Waals surface area contributed by atoms with Gasteiger partial charge in [-0.1, -0.05) is 60.7 Å². The van der Waals surface area contributed by atoms with E-state index in [-0.39, 0.29) is 25.7 Å². The fourth-order valence-corrected chi connectivity index (χ4v) is 3.56. The van der Waals surface area contributed by atoms with Crippen LogP contribution in [-0.2, 0) is 36.8 Å². The molecular formula is C26H33N5O7. The average molecular weight is 528 g/mol. The van der Waals surface area contributed by atoms with Crippen LogP contribution in [0.4, 0.5) is 0 Å². The lowest BCUT2D eigenvalue weighted by Gasteiger charge is -2.24. The van der Waals surface area contributed by atoms with E-state index in [1.165, 1.54) is 0 Å². The lowest BCUT2D eigenvalue weighted by molar-refractivity contribution is -0.142. The fourth-order valence-electron chi connectivity index (χ4n) is 3.56. The minimum absolute atomic E-state index is 0.0100. The summed E-state index contributed by atoms with van der Waals surface area (Å²) < 4.78 is 0. The molecule has 0 saturated carbocycles. The van der Waals surface area contributed by atoms with E-state index in [2.05, 4.69) is 16.0 Å². The minimum atomic E-state index is -1.49. The van der Waals surface area contributed by atoms with Crippen LogP contribution in [0.2, 0.25) is 0 Å². The molecule has 12 nitrogen and oxygen atoms in total. The van der Waals surface area contributed by atoms with Crippen molar-refractivity contribution in [2.45, 2.75) is 49.9 Å². The molecule has 0 aliphatic carbocycles. The Bertz CT molecular complexity index is 1100. The molecule has 204 valence electrons. The number of aliphatic hydroxyl groups excluding tert-OH is 1. The largest absolute Gasteiger partial charge is 0.480 e. The molecule has 12 heteroatoms. The normalized spacial score (nSPS) is 13.8. The van der Waals surface area contributed by atoms with Crippen LogP contribution in [0.25, 0.3) is 0 Å². The number of hydrogen-bond donors (Lipinski definition) is 7. The molecule has 0 spiro atoms. The summed E-state index contributed by atoms with van der Waals surface area (Å²) in [6, 6.07) is 12.3. The highest BCUT2D eigenvalue weighted by atomic mass is 16.4. The van der Waals surface area contributed by atoms with Gasteiger partial charge in [0.05, 0.1) is 12.6 Å². The Morgan fingerprint density at radius 2 is 1.16 bits per heavy atom. The maximum atomic E-state index is 13.1. The first-order chi connectivity index (χ1) is 18.1. The lowest BCUT2D eigenvalue weighted by atomic mass is 10.0. The Hall–Kier alpha value is -4.29. The van der Waals surface area contributed by atoms with Crippen molar-refractivity contribution in [3.05, 3.63) is 71.8 Å². The molecule has 0 aromatic heterocycles. The molecular weight excluding hydrogens is 494 g/mol. The van der Waals surface area contributed by atoms with E-state index in [1.807, 2.05) is 0 Å². The second-order valence-corrected chi connectivity index (χ2v) is 8.70. The Kier molecular flexibility index (Phi) is 11.9. The van der Waals surface area contributed by atoms with E-state index in [4.69, 9.17) is 11.5 Å². The Morgan fingerprint density at radius 3 is 1.63 bits per heavy atom. The second-order valence-electron chi connectivity index (χ2n) is 8.70. The summed E-state index contributed by atoms with van der Waals surface area (Å²) in [5.74, 6) is -4.33. The third-order valence-corrected chi connectivity index (χ3v) is 5.67. The molecule has 0 fully saturated rings. The summed E-state index contributed by atoms with van der Waals surface area (Å²) in [4.78, 5) is 61.2. The molecule has 0 aliphatic heterocycles. The Morgan fingerprint density at radius 1 is 0.711 bits per heavy atom. The van der Waals surface area contributed by atoms with Crippen LogP contribution in [0.5, 0.6) is 0 Å². The van der Waals surface area contributed by atoms with Crippen molar-refractivity contribution < 1.29 is 34.2 Å². The number of carboxylic acids is 1. The first-order valence-corrected chi connectivity index (χ1v) is 12.0. The number of benzene rings is 2. The van der Waals surface area contributed by atoms with E-state index < -0.39 is 60.4 Å². The number of rotatable bonds is 15. The van der Waals surface area contributed by atoms with E-state index >= 15 is 0 Å². The quantitative estimate of drug-likeness (QED) is 0.146. The van der Waals surface area contributed by atoms with E-state index in [9.17, 15) is 34.2 Å². The van der Waals surface area contributed by atoms with Crippen molar-refractivity contribution in [2.75, 3.05) is 6.61 Å². The highest BCUT2D eigenvalue weighted by Gasteiger charge is 2.30. The highest BCUT2D eigenvalue weighted by molar-refractivity contribution is 5.94. The summed E-state index contributed by atoms with van der Waals surface area (Å²) >= 11 is 0. The van der Waals surface area contributed by atoms with Gasteiger partial charge in [0.2, 0.25) is 23.6 Å². The molecule has 0 bridgehead atoms. The van der Waals surface area contributed by atoms with E-state index in [0.29, 0.717) is 11.1 Å². The van der Waals surface area contributed by atoms with Gasteiger partial charge in [-0.3, -0.25) is 19.2 Å². The number of hydrogen-bond acceptors (Lipinski definition) is 7.